The minimum Gasteiger partial charge on any atom is -0.497 e. The van der Waals surface area contributed by atoms with Crippen LogP contribution in [0.3, 0.4) is 0 Å². The fourth-order valence-electron chi connectivity index (χ4n) is 4.00. The second-order valence-corrected chi connectivity index (χ2v) is 7.60. The first-order valence-electron chi connectivity index (χ1n) is 10.3. The van der Waals surface area contributed by atoms with Gasteiger partial charge in [-0.1, -0.05) is 31.0 Å². The van der Waals surface area contributed by atoms with Crippen LogP contribution in [0.1, 0.15) is 36.0 Å². The van der Waals surface area contributed by atoms with Crippen molar-refractivity contribution in [3.63, 3.8) is 0 Å². The lowest BCUT2D eigenvalue weighted by atomic mass is 10.1. The summed E-state index contributed by atoms with van der Waals surface area (Å²) in [5, 5.41) is 7.87. The second kappa shape index (κ2) is 9.03. The lowest BCUT2D eigenvalue weighted by Crippen LogP contribution is -2.28. The van der Waals surface area contributed by atoms with Crippen LogP contribution in [-0.4, -0.2) is 36.5 Å². The minimum absolute atomic E-state index is 0.121. The van der Waals surface area contributed by atoms with Gasteiger partial charge in [0.1, 0.15) is 17.2 Å². The van der Waals surface area contributed by atoms with Crippen molar-refractivity contribution >= 4 is 5.91 Å². The lowest BCUT2D eigenvalue weighted by Gasteiger charge is -2.12. The van der Waals surface area contributed by atoms with Crippen LogP contribution in [0.15, 0.2) is 54.7 Å². The van der Waals surface area contributed by atoms with Gasteiger partial charge in [0, 0.05) is 18.3 Å². The Labute approximate surface area is 176 Å². The summed E-state index contributed by atoms with van der Waals surface area (Å²) in [7, 11) is 3.22. The molecule has 0 saturated heterocycles. The molecule has 0 aliphatic heterocycles. The predicted molar refractivity (Wildman–Crippen MR) is 116 cm³/mol. The van der Waals surface area contributed by atoms with E-state index in [1.165, 1.54) is 25.7 Å². The Bertz CT molecular complexity index is 1010. The summed E-state index contributed by atoms with van der Waals surface area (Å²) in [4.78, 5) is 13.2. The third kappa shape index (κ3) is 4.17. The first-order chi connectivity index (χ1) is 14.7. The Hall–Kier alpha value is -3.28. The van der Waals surface area contributed by atoms with Crippen molar-refractivity contribution in [3.8, 4) is 28.4 Å². The Morgan fingerprint density at radius 3 is 2.57 bits per heavy atom. The van der Waals surface area contributed by atoms with Crippen molar-refractivity contribution in [2.45, 2.75) is 25.7 Å². The zero-order valence-electron chi connectivity index (χ0n) is 17.4. The molecule has 0 bridgehead atoms. The molecule has 3 aromatic rings. The molecule has 0 atom stereocenters. The van der Waals surface area contributed by atoms with Crippen LogP contribution in [0.2, 0.25) is 0 Å². The quantitative estimate of drug-likeness (QED) is 0.630. The van der Waals surface area contributed by atoms with Crippen molar-refractivity contribution in [2.24, 2.45) is 5.92 Å². The molecular formula is C24H27N3O3. The van der Waals surface area contributed by atoms with Crippen molar-refractivity contribution in [3.05, 3.63) is 60.3 Å². The number of ether oxygens (including phenoxy) is 2. The lowest BCUT2D eigenvalue weighted by molar-refractivity contribution is 0.0948. The summed E-state index contributed by atoms with van der Waals surface area (Å²) >= 11 is 0. The molecule has 1 saturated carbocycles. The maximum Gasteiger partial charge on any atom is 0.255 e. The molecule has 156 valence electrons. The van der Waals surface area contributed by atoms with E-state index in [0.29, 0.717) is 35.2 Å². The van der Waals surface area contributed by atoms with Gasteiger partial charge in [-0.3, -0.25) is 4.79 Å². The highest BCUT2D eigenvalue weighted by Crippen LogP contribution is 2.35. The van der Waals surface area contributed by atoms with E-state index in [-0.39, 0.29) is 5.91 Å². The highest BCUT2D eigenvalue weighted by Gasteiger charge is 2.23. The highest BCUT2D eigenvalue weighted by molar-refractivity contribution is 6.00. The molecule has 4 rings (SSSR count). The molecule has 30 heavy (non-hydrogen) atoms. The van der Waals surface area contributed by atoms with E-state index < -0.39 is 0 Å². The van der Waals surface area contributed by atoms with E-state index in [1.54, 1.807) is 25.1 Å². The first-order valence-corrected chi connectivity index (χ1v) is 10.3. The van der Waals surface area contributed by atoms with E-state index in [9.17, 15) is 4.79 Å². The molecule has 0 unspecified atom stereocenters. The topological polar surface area (TPSA) is 65.4 Å². The molecule has 1 N–H and O–H groups in total. The van der Waals surface area contributed by atoms with Crippen LogP contribution >= 0.6 is 0 Å². The number of benzene rings is 2. The Morgan fingerprint density at radius 2 is 1.87 bits per heavy atom. The largest absolute Gasteiger partial charge is 0.497 e. The van der Waals surface area contributed by atoms with Gasteiger partial charge >= 0.3 is 0 Å². The average Bonchev–Trinajstić information content (AvgIpc) is 3.48. The van der Waals surface area contributed by atoms with Gasteiger partial charge in [-0.15, -0.1) is 0 Å². The fourth-order valence-corrected chi connectivity index (χ4v) is 4.00. The van der Waals surface area contributed by atoms with E-state index in [4.69, 9.17) is 14.6 Å². The number of hydrogen-bond acceptors (Lipinski definition) is 4. The summed E-state index contributed by atoms with van der Waals surface area (Å²) in [6.07, 6.45) is 6.64. The zero-order valence-corrected chi connectivity index (χ0v) is 17.4. The molecule has 1 fully saturated rings. The summed E-state index contributed by atoms with van der Waals surface area (Å²) in [5.74, 6) is 1.76. The fraction of sp³-hybridized carbons (Fsp3) is 0.333. The number of aromatic nitrogens is 2. The summed E-state index contributed by atoms with van der Waals surface area (Å²) < 4.78 is 12.7. The van der Waals surface area contributed by atoms with Gasteiger partial charge in [-0.2, -0.15) is 5.10 Å². The zero-order chi connectivity index (χ0) is 20.9. The number of nitrogens with one attached hydrogen (secondary N) is 1. The first kappa shape index (κ1) is 20.0. The predicted octanol–water partition coefficient (Wildman–Crippen LogP) is 4.48. The highest BCUT2D eigenvalue weighted by atomic mass is 16.5. The number of para-hydroxylation sites is 1. The van der Waals surface area contributed by atoms with Crippen LogP contribution < -0.4 is 14.8 Å². The monoisotopic (exact) mass is 405 g/mol. The number of hydrogen-bond donors (Lipinski definition) is 1. The van der Waals surface area contributed by atoms with Crippen LogP contribution in [0.5, 0.6) is 11.5 Å². The van der Waals surface area contributed by atoms with E-state index >= 15 is 0 Å². The second-order valence-electron chi connectivity index (χ2n) is 7.60. The Kier molecular flexibility index (Phi) is 6.02. The van der Waals surface area contributed by atoms with Crippen molar-refractivity contribution in [2.75, 3.05) is 20.8 Å². The summed E-state index contributed by atoms with van der Waals surface area (Å²) in [6, 6.07) is 15.3. The molecule has 1 aliphatic rings. The van der Waals surface area contributed by atoms with Gasteiger partial charge in [-0.25, -0.2) is 4.68 Å². The third-order valence-electron chi connectivity index (χ3n) is 5.67. The van der Waals surface area contributed by atoms with Gasteiger partial charge in [0.15, 0.2) is 0 Å². The third-order valence-corrected chi connectivity index (χ3v) is 5.67. The maximum atomic E-state index is 13.2. The molecular weight excluding hydrogens is 378 g/mol. The molecule has 6 heteroatoms. The smallest absolute Gasteiger partial charge is 0.255 e. The number of rotatable bonds is 7. The number of carbonyl (C=O) groups excluding carboxylic acids is 1. The molecule has 0 spiro atoms. The van der Waals surface area contributed by atoms with Crippen LogP contribution in [0, 0.1) is 5.92 Å². The molecule has 1 amide bonds. The maximum absolute atomic E-state index is 13.2. The van der Waals surface area contributed by atoms with Crippen molar-refractivity contribution < 1.29 is 14.3 Å². The van der Waals surface area contributed by atoms with Crippen LogP contribution in [0.4, 0.5) is 0 Å². The molecule has 1 aliphatic carbocycles. The van der Waals surface area contributed by atoms with Gasteiger partial charge in [-0.05, 0) is 49.1 Å². The number of carbonyl (C=O) groups is 1. The Balaban J connectivity index is 1.74. The van der Waals surface area contributed by atoms with Gasteiger partial charge in [0.2, 0.25) is 0 Å². The normalized spacial score (nSPS) is 13.9. The standard InChI is InChI=1S/C24H27N3O3/c1-29-19-12-13-22(30-2)20(14-19)23-21(24(28)25-15-17-8-6-7-9-17)16-27(26-23)18-10-4-3-5-11-18/h3-5,10-14,16-17H,6-9,15H2,1-2H3,(H,25,28). The average molecular weight is 405 g/mol. The molecule has 0 radical (unpaired) electrons. The summed E-state index contributed by atoms with van der Waals surface area (Å²) in [5.41, 5.74) is 2.69. The van der Waals surface area contributed by atoms with Crippen molar-refractivity contribution in [1.82, 2.24) is 15.1 Å². The van der Waals surface area contributed by atoms with E-state index in [1.807, 2.05) is 48.5 Å². The Morgan fingerprint density at radius 1 is 1.10 bits per heavy atom. The summed E-state index contributed by atoms with van der Waals surface area (Å²) in [6.45, 7) is 0.698. The number of methoxy groups -OCH3 is 2. The SMILES string of the molecule is COc1ccc(OC)c(-c2nn(-c3ccccc3)cc2C(=O)NCC2CCCC2)c1. The number of nitrogens with zero attached hydrogens (tertiary/aromatic N) is 2. The van der Waals surface area contributed by atoms with Gasteiger partial charge in [0.05, 0.1) is 25.5 Å². The van der Waals surface area contributed by atoms with Crippen LogP contribution in [-0.2, 0) is 0 Å². The van der Waals surface area contributed by atoms with Crippen molar-refractivity contribution in [1.29, 1.82) is 0 Å². The van der Waals surface area contributed by atoms with E-state index in [0.717, 1.165) is 11.3 Å². The molecule has 1 aromatic heterocycles. The van der Waals surface area contributed by atoms with Gasteiger partial charge in [0.25, 0.3) is 5.91 Å². The van der Waals surface area contributed by atoms with Crippen LogP contribution in [0.25, 0.3) is 16.9 Å². The molecule has 1 heterocycles. The van der Waals surface area contributed by atoms with E-state index in [2.05, 4.69) is 5.32 Å². The minimum atomic E-state index is -0.121. The molecule has 6 nitrogen and oxygen atoms in total. The molecule has 2 aromatic carbocycles. The number of amides is 1. The van der Waals surface area contributed by atoms with Gasteiger partial charge < -0.3 is 14.8 Å².